The third kappa shape index (κ3) is 2.45. The van der Waals surface area contributed by atoms with Crippen molar-refractivity contribution in [2.45, 2.75) is 31.4 Å². The van der Waals surface area contributed by atoms with Crippen LogP contribution in [0, 0.1) is 0 Å². The van der Waals surface area contributed by atoms with Crippen molar-refractivity contribution in [2.75, 3.05) is 7.05 Å². The van der Waals surface area contributed by atoms with E-state index in [0.717, 1.165) is 12.8 Å². The lowest BCUT2D eigenvalue weighted by molar-refractivity contribution is 0.179. The molecule has 1 saturated carbocycles. The van der Waals surface area contributed by atoms with E-state index in [9.17, 15) is 0 Å². The first kappa shape index (κ1) is 12.0. The fourth-order valence-corrected chi connectivity index (χ4v) is 2.47. The highest BCUT2D eigenvalue weighted by Crippen LogP contribution is 2.34. The second-order valence-electron chi connectivity index (χ2n) is 4.03. The third-order valence-corrected chi connectivity index (χ3v) is 3.82. The van der Waals surface area contributed by atoms with E-state index < -0.39 is 0 Å². The maximum atomic E-state index is 6.09. The summed E-state index contributed by atoms with van der Waals surface area (Å²) in [5.74, 6) is 0.682. The van der Waals surface area contributed by atoms with Crippen LogP contribution in [-0.4, -0.2) is 19.2 Å². The molecule has 0 aliphatic heterocycles. The Morgan fingerprint density at radius 1 is 1.31 bits per heavy atom. The number of hydrogen-bond donors (Lipinski definition) is 1. The zero-order valence-electron chi connectivity index (χ0n) is 9.17. The highest BCUT2D eigenvalue weighted by Gasteiger charge is 2.28. The topological polar surface area (TPSA) is 21.3 Å². The molecule has 2 unspecified atom stereocenters. The van der Waals surface area contributed by atoms with Crippen molar-refractivity contribution in [2.24, 2.45) is 0 Å². The molecule has 1 aromatic rings. The SMILES string of the molecule is CNC1CCCC1Oc1cccc(Cl)c1Cl. The van der Waals surface area contributed by atoms with Crippen molar-refractivity contribution >= 4 is 23.2 Å². The number of nitrogens with one attached hydrogen (secondary N) is 1. The molecule has 4 heteroatoms. The second kappa shape index (κ2) is 5.26. The van der Waals surface area contributed by atoms with Gasteiger partial charge < -0.3 is 10.1 Å². The summed E-state index contributed by atoms with van der Waals surface area (Å²) in [6.45, 7) is 0. The number of likely N-dealkylation sites (N-methyl/N-ethyl adjacent to an activating group) is 1. The normalized spacial score (nSPS) is 24.7. The Hall–Kier alpha value is -0.440. The predicted octanol–water partition coefficient (Wildman–Crippen LogP) is 3.51. The summed E-state index contributed by atoms with van der Waals surface area (Å²) in [6.07, 6.45) is 3.60. The number of halogens is 2. The standard InChI is InChI=1S/C12H15Cl2NO/c1-15-9-5-3-6-10(9)16-11-7-2-4-8(13)12(11)14/h2,4,7,9-10,15H,3,5-6H2,1H3. The van der Waals surface area contributed by atoms with Crippen molar-refractivity contribution in [1.82, 2.24) is 5.32 Å². The maximum Gasteiger partial charge on any atom is 0.139 e. The Morgan fingerprint density at radius 2 is 2.12 bits per heavy atom. The molecule has 0 radical (unpaired) electrons. The summed E-state index contributed by atoms with van der Waals surface area (Å²) < 4.78 is 5.91. The van der Waals surface area contributed by atoms with Gasteiger partial charge in [0.1, 0.15) is 16.9 Å². The lowest BCUT2D eigenvalue weighted by Gasteiger charge is -2.21. The summed E-state index contributed by atoms with van der Waals surface area (Å²) in [5, 5.41) is 4.31. The monoisotopic (exact) mass is 259 g/mol. The van der Waals surface area contributed by atoms with Gasteiger partial charge in [0.05, 0.1) is 5.02 Å². The summed E-state index contributed by atoms with van der Waals surface area (Å²) in [7, 11) is 1.96. The Labute approximate surface area is 106 Å². The molecule has 0 amide bonds. The minimum atomic E-state index is 0.195. The van der Waals surface area contributed by atoms with E-state index in [-0.39, 0.29) is 6.10 Å². The molecule has 1 N–H and O–H groups in total. The minimum absolute atomic E-state index is 0.195. The number of rotatable bonds is 3. The summed E-state index contributed by atoms with van der Waals surface area (Å²) in [4.78, 5) is 0. The quantitative estimate of drug-likeness (QED) is 0.897. The fourth-order valence-electron chi connectivity index (χ4n) is 2.14. The first-order valence-corrected chi connectivity index (χ1v) is 6.26. The zero-order valence-corrected chi connectivity index (χ0v) is 10.7. The fraction of sp³-hybridized carbons (Fsp3) is 0.500. The van der Waals surface area contributed by atoms with E-state index >= 15 is 0 Å². The molecule has 16 heavy (non-hydrogen) atoms. The van der Waals surface area contributed by atoms with Gasteiger partial charge in [0.25, 0.3) is 0 Å². The molecule has 2 nitrogen and oxygen atoms in total. The van der Waals surface area contributed by atoms with Crippen LogP contribution in [-0.2, 0) is 0 Å². The molecular weight excluding hydrogens is 245 g/mol. The first-order chi connectivity index (χ1) is 7.72. The molecule has 0 aromatic heterocycles. The van der Waals surface area contributed by atoms with Crippen molar-refractivity contribution in [3.8, 4) is 5.75 Å². The van der Waals surface area contributed by atoms with Gasteiger partial charge in [0.2, 0.25) is 0 Å². The van der Waals surface area contributed by atoms with Gasteiger partial charge >= 0.3 is 0 Å². The van der Waals surface area contributed by atoms with E-state index in [1.54, 1.807) is 6.07 Å². The Morgan fingerprint density at radius 3 is 2.88 bits per heavy atom. The van der Waals surface area contributed by atoms with Crippen molar-refractivity contribution in [3.05, 3.63) is 28.2 Å². The second-order valence-corrected chi connectivity index (χ2v) is 4.82. The average Bonchev–Trinajstić information content (AvgIpc) is 2.72. The van der Waals surface area contributed by atoms with Gasteiger partial charge in [-0.15, -0.1) is 0 Å². The molecule has 1 fully saturated rings. The highest BCUT2D eigenvalue weighted by molar-refractivity contribution is 6.42. The Balaban J connectivity index is 2.11. The maximum absolute atomic E-state index is 6.09. The van der Waals surface area contributed by atoms with Gasteiger partial charge in [-0.05, 0) is 38.4 Å². The molecule has 0 spiro atoms. The molecule has 88 valence electrons. The van der Waals surface area contributed by atoms with Crippen LogP contribution in [0.2, 0.25) is 10.0 Å². The number of benzene rings is 1. The minimum Gasteiger partial charge on any atom is -0.487 e. The van der Waals surface area contributed by atoms with Crippen LogP contribution in [0.5, 0.6) is 5.75 Å². The smallest absolute Gasteiger partial charge is 0.139 e. The molecule has 1 aliphatic carbocycles. The lowest BCUT2D eigenvalue weighted by Crippen LogP contribution is -2.36. The summed E-state index contributed by atoms with van der Waals surface area (Å²) in [5.41, 5.74) is 0. The molecular formula is C12H15Cl2NO. The van der Waals surface area contributed by atoms with E-state index in [2.05, 4.69) is 5.32 Å². The van der Waals surface area contributed by atoms with Gasteiger partial charge in [-0.2, -0.15) is 0 Å². The summed E-state index contributed by atoms with van der Waals surface area (Å²) in [6, 6.07) is 5.89. The van der Waals surface area contributed by atoms with E-state index in [4.69, 9.17) is 27.9 Å². The largest absolute Gasteiger partial charge is 0.487 e. The van der Waals surface area contributed by atoms with Gasteiger partial charge in [-0.3, -0.25) is 0 Å². The molecule has 0 saturated heterocycles. The van der Waals surface area contributed by atoms with Crippen LogP contribution >= 0.6 is 23.2 Å². The van der Waals surface area contributed by atoms with Gasteiger partial charge in [-0.1, -0.05) is 29.3 Å². The predicted molar refractivity (Wildman–Crippen MR) is 67.6 cm³/mol. The molecule has 1 aliphatic rings. The molecule has 0 bridgehead atoms. The van der Waals surface area contributed by atoms with Crippen LogP contribution in [0.3, 0.4) is 0 Å². The van der Waals surface area contributed by atoms with Gasteiger partial charge in [0, 0.05) is 6.04 Å². The summed E-state index contributed by atoms with van der Waals surface area (Å²) >= 11 is 12.0. The molecule has 1 aromatic carbocycles. The van der Waals surface area contributed by atoms with Crippen LogP contribution < -0.4 is 10.1 Å². The Bertz CT molecular complexity index is 370. The van der Waals surface area contributed by atoms with Crippen LogP contribution in [0.4, 0.5) is 0 Å². The van der Waals surface area contributed by atoms with Crippen molar-refractivity contribution < 1.29 is 4.74 Å². The van der Waals surface area contributed by atoms with Gasteiger partial charge in [-0.25, -0.2) is 0 Å². The molecule has 2 atom stereocenters. The van der Waals surface area contributed by atoms with E-state index in [0.29, 0.717) is 21.8 Å². The Kier molecular flexibility index (Phi) is 3.95. The first-order valence-electron chi connectivity index (χ1n) is 5.50. The van der Waals surface area contributed by atoms with Crippen LogP contribution in [0.25, 0.3) is 0 Å². The van der Waals surface area contributed by atoms with E-state index in [1.165, 1.54) is 6.42 Å². The van der Waals surface area contributed by atoms with Crippen molar-refractivity contribution in [1.29, 1.82) is 0 Å². The number of ether oxygens (including phenoxy) is 1. The molecule has 2 rings (SSSR count). The van der Waals surface area contributed by atoms with Gasteiger partial charge in [0.15, 0.2) is 0 Å². The van der Waals surface area contributed by atoms with Crippen LogP contribution in [0.15, 0.2) is 18.2 Å². The number of hydrogen-bond acceptors (Lipinski definition) is 2. The molecule has 0 heterocycles. The van der Waals surface area contributed by atoms with Crippen molar-refractivity contribution in [3.63, 3.8) is 0 Å². The van der Waals surface area contributed by atoms with E-state index in [1.807, 2.05) is 19.2 Å². The average molecular weight is 260 g/mol. The highest BCUT2D eigenvalue weighted by atomic mass is 35.5. The third-order valence-electron chi connectivity index (χ3n) is 3.02. The lowest BCUT2D eigenvalue weighted by atomic mass is 10.2. The zero-order chi connectivity index (χ0) is 11.5. The van der Waals surface area contributed by atoms with Crippen LogP contribution in [0.1, 0.15) is 19.3 Å².